The van der Waals surface area contributed by atoms with Gasteiger partial charge in [0, 0.05) is 6.54 Å². The number of phenols is 1. The Balaban J connectivity index is 1.99. The number of phenolic OH excluding ortho intramolecular Hbond substituents is 1. The van der Waals surface area contributed by atoms with E-state index in [0.717, 1.165) is 18.5 Å². The van der Waals surface area contributed by atoms with Crippen molar-refractivity contribution in [3.63, 3.8) is 0 Å². The molecule has 1 heterocycles. The summed E-state index contributed by atoms with van der Waals surface area (Å²) in [5.74, 6) is 0.379. The Morgan fingerprint density at radius 2 is 2.11 bits per heavy atom. The number of carbonyl (C=O) groups excluding carboxylic acids is 1. The molecule has 0 amide bonds. The third kappa shape index (κ3) is 3.01. The molecule has 18 heavy (non-hydrogen) atoms. The molecule has 2 N–H and O–H groups in total. The van der Waals surface area contributed by atoms with E-state index in [-0.39, 0.29) is 23.6 Å². The quantitative estimate of drug-likeness (QED) is 0.790. The SMILES string of the molecule is CCOC(=O)[C@H]1CNCC1Cc1ccc(O)cc1. The first-order valence-corrected chi connectivity index (χ1v) is 6.36. The zero-order valence-electron chi connectivity index (χ0n) is 10.6. The summed E-state index contributed by atoms with van der Waals surface area (Å²) in [4.78, 5) is 11.8. The molecule has 1 aromatic rings. The van der Waals surface area contributed by atoms with Gasteiger partial charge in [0.1, 0.15) is 5.75 Å². The van der Waals surface area contributed by atoms with Gasteiger partial charge in [0.05, 0.1) is 12.5 Å². The smallest absolute Gasteiger partial charge is 0.310 e. The lowest BCUT2D eigenvalue weighted by Crippen LogP contribution is -2.26. The number of carbonyl (C=O) groups is 1. The number of aromatic hydroxyl groups is 1. The van der Waals surface area contributed by atoms with Crippen LogP contribution in [0.25, 0.3) is 0 Å². The minimum absolute atomic E-state index is 0.0567. The molecule has 0 saturated carbocycles. The van der Waals surface area contributed by atoms with Gasteiger partial charge in [-0.05, 0) is 43.5 Å². The third-order valence-electron chi connectivity index (χ3n) is 3.36. The molecule has 4 heteroatoms. The fourth-order valence-electron chi connectivity index (χ4n) is 2.41. The molecule has 1 unspecified atom stereocenters. The highest BCUT2D eigenvalue weighted by Crippen LogP contribution is 2.23. The van der Waals surface area contributed by atoms with Crippen molar-refractivity contribution in [3.05, 3.63) is 29.8 Å². The van der Waals surface area contributed by atoms with Crippen molar-refractivity contribution in [2.45, 2.75) is 13.3 Å². The number of benzene rings is 1. The summed E-state index contributed by atoms with van der Waals surface area (Å²) in [5, 5.41) is 12.5. The van der Waals surface area contributed by atoms with Gasteiger partial charge >= 0.3 is 5.97 Å². The van der Waals surface area contributed by atoms with Gasteiger partial charge in [-0.1, -0.05) is 12.1 Å². The lowest BCUT2D eigenvalue weighted by atomic mass is 9.90. The minimum Gasteiger partial charge on any atom is -0.508 e. The Morgan fingerprint density at radius 3 is 2.78 bits per heavy atom. The normalized spacial score (nSPS) is 22.9. The Bertz CT molecular complexity index is 402. The maximum Gasteiger partial charge on any atom is 0.310 e. The van der Waals surface area contributed by atoms with Crippen molar-refractivity contribution >= 4 is 5.97 Å². The topological polar surface area (TPSA) is 58.6 Å². The third-order valence-corrected chi connectivity index (χ3v) is 3.36. The molecule has 4 nitrogen and oxygen atoms in total. The van der Waals surface area contributed by atoms with Gasteiger partial charge in [0.15, 0.2) is 0 Å². The lowest BCUT2D eigenvalue weighted by Gasteiger charge is -2.17. The fraction of sp³-hybridized carbons (Fsp3) is 0.500. The summed E-state index contributed by atoms with van der Waals surface area (Å²) in [5.41, 5.74) is 1.13. The van der Waals surface area contributed by atoms with Crippen LogP contribution in [0.2, 0.25) is 0 Å². The van der Waals surface area contributed by atoms with Gasteiger partial charge < -0.3 is 15.2 Å². The molecule has 98 valence electrons. The number of esters is 1. The molecule has 0 aromatic heterocycles. The Labute approximate surface area is 107 Å². The molecule has 1 saturated heterocycles. The van der Waals surface area contributed by atoms with E-state index >= 15 is 0 Å². The highest BCUT2D eigenvalue weighted by atomic mass is 16.5. The maximum atomic E-state index is 11.8. The van der Waals surface area contributed by atoms with Gasteiger partial charge in [-0.2, -0.15) is 0 Å². The first kappa shape index (κ1) is 12.9. The first-order chi connectivity index (χ1) is 8.70. The zero-order valence-corrected chi connectivity index (χ0v) is 10.6. The standard InChI is InChI=1S/C14H19NO3/c1-2-18-14(17)13-9-15-8-11(13)7-10-3-5-12(16)6-4-10/h3-6,11,13,15-16H,2,7-9H2,1H3/t11?,13-/m0/s1. The van der Waals surface area contributed by atoms with Crippen molar-refractivity contribution < 1.29 is 14.6 Å². The van der Waals surface area contributed by atoms with Crippen LogP contribution in [-0.2, 0) is 16.0 Å². The largest absolute Gasteiger partial charge is 0.508 e. The highest BCUT2D eigenvalue weighted by Gasteiger charge is 2.33. The van der Waals surface area contributed by atoms with Crippen LogP contribution in [0.3, 0.4) is 0 Å². The van der Waals surface area contributed by atoms with E-state index in [1.807, 2.05) is 19.1 Å². The summed E-state index contributed by atoms with van der Waals surface area (Å²) in [6.07, 6.45) is 0.830. The lowest BCUT2D eigenvalue weighted by molar-refractivity contribution is -0.148. The number of rotatable bonds is 4. The predicted octanol–water partition coefficient (Wildman–Crippen LogP) is 1.33. The van der Waals surface area contributed by atoms with E-state index in [2.05, 4.69) is 5.32 Å². The van der Waals surface area contributed by atoms with Crippen LogP contribution in [0.1, 0.15) is 12.5 Å². The van der Waals surface area contributed by atoms with E-state index < -0.39 is 0 Å². The summed E-state index contributed by atoms with van der Waals surface area (Å²) >= 11 is 0. The monoisotopic (exact) mass is 249 g/mol. The van der Waals surface area contributed by atoms with Crippen molar-refractivity contribution in [1.82, 2.24) is 5.32 Å². The first-order valence-electron chi connectivity index (χ1n) is 6.36. The second-order valence-corrected chi connectivity index (χ2v) is 4.65. The van der Waals surface area contributed by atoms with Crippen molar-refractivity contribution in [2.24, 2.45) is 11.8 Å². The second-order valence-electron chi connectivity index (χ2n) is 4.65. The molecule has 0 bridgehead atoms. The fourth-order valence-corrected chi connectivity index (χ4v) is 2.41. The molecular formula is C14H19NO3. The summed E-state index contributed by atoms with van der Waals surface area (Å²) in [6.45, 7) is 3.79. The molecule has 2 rings (SSSR count). The number of nitrogens with one attached hydrogen (secondary N) is 1. The number of hydrogen-bond acceptors (Lipinski definition) is 4. The molecule has 0 spiro atoms. The van der Waals surface area contributed by atoms with Gasteiger partial charge in [0.25, 0.3) is 0 Å². The second kappa shape index (κ2) is 5.87. The number of hydrogen-bond donors (Lipinski definition) is 2. The van der Waals surface area contributed by atoms with Crippen LogP contribution in [0.4, 0.5) is 0 Å². The van der Waals surface area contributed by atoms with E-state index in [4.69, 9.17) is 4.74 Å². The van der Waals surface area contributed by atoms with Crippen LogP contribution in [0, 0.1) is 11.8 Å². The van der Waals surface area contributed by atoms with Crippen LogP contribution in [0.5, 0.6) is 5.75 Å². The van der Waals surface area contributed by atoms with Crippen molar-refractivity contribution in [2.75, 3.05) is 19.7 Å². The summed E-state index contributed by atoms with van der Waals surface area (Å²) < 4.78 is 5.09. The Morgan fingerprint density at radius 1 is 1.39 bits per heavy atom. The number of ether oxygens (including phenoxy) is 1. The highest BCUT2D eigenvalue weighted by molar-refractivity contribution is 5.73. The van der Waals surface area contributed by atoms with Gasteiger partial charge in [0.2, 0.25) is 0 Å². The maximum absolute atomic E-state index is 11.8. The van der Waals surface area contributed by atoms with Crippen molar-refractivity contribution in [1.29, 1.82) is 0 Å². The average molecular weight is 249 g/mol. The van der Waals surface area contributed by atoms with Gasteiger partial charge in [-0.15, -0.1) is 0 Å². The molecule has 0 aliphatic carbocycles. The molecule has 1 aliphatic rings. The Hall–Kier alpha value is -1.55. The summed E-state index contributed by atoms with van der Waals surface area (Å²) in [6, 6.07) is 7.15. The zero-order chi connectivity index (χ0) is 13.0. The molecule has 1 fully saturated rings. The molecular weight excluding hydrogens is 230 g/mol. The molecule has 1 aliphatic heterocycles. The van der Waals surface area contributed by atoms with E-state index in [9.17, 15) is 9.90 Å². The van der Waals surface area contributed by atoms with Crippen LogP contribution >= 0.6 is 0 Å². The van der Waals surface area contributed by atoms with Crippen LogP contribution in [0.15, 0.2) is 24.3 Å². The van der Waals surface area contributed by atoms with Gasteiger partial charge in [-0.3, -0.25) is 4.79 Å². The predicted molar refractivity (Wildman–Crippen MR) is 68.3 cm³/mol. The van der Waals surface area contributed by atoms with Crippen LogP contribution in [-0.4, -0.2) is 30.8 Å². The van der Waals surface area contributed by atoms with E-state index in [0.29, 0.717) is 13.2 Å². The molecule has 1 aromatic carbocycles. The van der Waals surface area contributed by atoms with Gasteiger partial charge in [-0.25, -0.2) is 0 Å². The van der Waals surface area contributed by atoms with Crippen LogP contribution < -0.4 is 5.32 Å². The molecule has 0 radical (unpaired) electrons. The Kier molecular flexibility index (Phi) is 4.20. The molecule has 2 atom stereocenters. The average Bonchev–Trinajstić information content (AvgIpc) is 2.81. The van der Waals surface area contributed by atoms with E-state index in [1.165, 1.54) is 0 Å². The summed E-state index contributed by atoms with van der Waals surface area (Å²) in [7, 11) is 0. The minimum atomic E-state index is -0.105. The van der Waals surface area contributed by atoms with E-state index in [1.54, 1.807) is 12.1 Å². The van der Waals surface area contributed by atoms with Crippen molar-refractivity contribution in [3.8, 4) is 5.75 Å².